The van der Waals surface area contributed by atoms with Gasteiger partial charge < -0.3 is 5.21 Å². The van der Waals surface area contributed by atoms with E-state index in [-0.39, 0.29) is 4.75 Å². The number of nitrogens with zero attached hydrogens (tertiary/aromatic N) is 1. The van der Waals surface area contributed by atoms with Crippen molar-refractivity contribution in [3.05, 3.63) is 30.3 Å². The third-order valence-electron chi connectivity index (χ3n) is 1.49. The van der Waals surface area contributed by atoms with E-state index < -0.39 is 0 Å². The van der Waals surface area contributed by atoms with Crippen LogP contribution in [-0.4, -0.2) is 16.2 Å². The lowest BCUT2D eigenvalue weighted by Gasteiger charge is -2.17. The number of hydrogen-bond acceptors (Lipinski definition) is 3. The van der Waals surface area contributed by atoms with Crippen LogP contribution in [0.2, 0.25) is 0 Å². The van der Waals surface area contributed by atoms with Gasteiger partial charge in [-0.2, -0.15) is 0 Å². The SMILES string of the molecule is CC(C)(C=NO)Sc1ccccc1. The summed E-state index contributed by atoms with van der Waals surface area (Å²) in [5, 5.41) is 11.5. The van der Waals surface area contributed by atoms with Gasteiger partial charge in [-0.3, -0.25) is 0 Å². The Hall–Kier alpha value is -0.960. The van der Waals surface area contributed by atoms with Crippen LogP contribution in [0.3, 0.4) is 0 Å². The Morgan fingerprint density at radius 1 is 1.31 bits per heavy atom. The van der Waals surface area contributed by atoms with E-state index >= 15 is 0 Å². The van der Waals surface area contributed by atoms with Crippen LogP contribution < -0.4 is 0 Å². The molecule has 2 nitrogen and oxygen atoms in total. The minimum absolute atomic E-state index is 0.171. The molecule has 0 heterocycles. The summed E-state index contributed by atoms with van der Waals surface area (Å²) in [4.78, 5) is 1.17. The maximum atomic E-state index is 8.44. The molecule has 0 radical (unpaired) electrons. The minimum atomic E-state index is -0.171. The van der Waals surface area contributed by atoms with Gasteiger partial charge in [-0.25, -0.2) is 0 Å². The van der Waals surface area contributed by atoms with Gasteiger partial charge >= 0.3 is 0 Å². The molecule has 0 saturated carbocycles. The van der Waals surface area contributed by atoms with Crippen molar-refractivity contribution in [2.75, 3.05) is 0 Å². The van der Waals surface area contributed by atoms with Crippen LogP contribution in [0.1, 0.15) is 13.8 Å². The summed E-state index contributed by atoms with van der Waals surface area (Å²) in [7, 11) is 0. The van der Waals surface area contributed by atoms with Gasteiger partial charge in [0.05, 0.1) is 11.0 Å². The van der Waals surface area contributed by atoms with Crippen LogP contribution in [0.15, 0.2) is 40.4 Å². The normalized spacial score (nSPS) is 12.2. The zero-order chi connectivity index (χ0) is 9.73. The number of rotatable bonds is 3. The van der Waals surface area contributed by atoms with Crippen molar-refractivity contribution in [2.45, 2.75) is 23.5 Å². The predicted octanol–water partition coefficient (Wildman–Crippen LogP) is 3.02. The van der Waals surface area contributed by atoms with E-state index in [2.05, 4.69) is 5.16 Å². The molecule has 0 bridgehead atoms. The third-order valence-corrected chi connectivity index (χ3v) is 2.63. The molecule has 70 valence electrons. The molecular weight excluding hydrogens is 182 g/mol. The van der Waals surface area contributed by atoms with Crippen molar-refractivity contribution in [3.8, 4) is 0 Å². The van der Waals surface area contributed by atoms with Crippen molar-refractivity contribution >= 4 is 18.0 Å². The second-order valence-corrected chi connectivity index (χ2v) is 4.99. The fraction of sp³-hybridized carbons (Fsp3) is 0.300. The first-order valence-corrected chi connectivity index (χ1v) is 4.88. The van der Waals surface area contributed by atoms with Gasteiger partial charge in [0.2, 0.25) is 0 Å². The summed E-state index contributed by atoms with van der Waals surface area (Å²) < 4.78 is -0.171. The molecule has 0 spiro atoms. The van der Waals surface area contributed by atoms with E-state index in [9.17, 15) is 0 Å². The highest BCUT2D eigenvalue weighted by molar-refractivity contribution is 8.01. The highest BCUT2D eigenvalue weighted by Gasteiger charge is 2.16. The van der Waals surface area contributed by atoms with E-state index in [1.54, 1.807) is 11.8 Å². The van der Waals surface area contributed by atoms with Crippen LogP contribution in [0.4, 0.5) is 0 Å². The molecule has 13 heavy (non-hydrogen) atoms. The standard InChI is InChI=1S/C10H13NOS/c1-10(2,8-11-12)13-9-6-4-3-5-7-9/h3-8,12H,1-2H3. The quantitative estimate of drug-likeness (QED) is 0.348. The van der Waals surface area contributed by atoms with Crippen molar-refractivity contribution < 1.29 is 5.21 Å². The van der Waals surface area contributed by atoms with Crippen LogP contribution in [0, 0.1) is 0 Å². The average Bonchev–Trinajstić information content (AvgIpc) is 2.04. The molecule has 3 heteroatoms. The van der Waals surface area contributed by atoms with E-state index in [0.29, 0.717) is 0 Å². The Labute approximate surface area is 82.7 Å². The molecule has 0 aliphatic heterocycles. The molecule has 0 atom stereocenters. The van der Waals surface area contributed by atoms with Crippen molar-refractivity contribution in [1.82, 2.24) is 0 Å². The van der Waals surface area contributed by atoms with Crippen LogP contribution >= 0.6 is 11.8 Å². The molecule has 0 aliphatic rings. The van der Waals surface area contributed by atoms with Gasteiger partial charge in [0.15, 0.2) is 0 Å². The second kappa shape index (κ2) is 4.33. The summed E-state index contributed by atoms with van der Waals surface area (Å²) in [6.45, 7) is 4.01. The lowest BCUT2D eigenvalue weighted by atomic mass is 10.2. The zero-order valence-electron chi connectivity index (χ0n) is 7.77. The summed E-state index contributed by atoms with van der Waals surface area (Å²) in [6.07, 6.45) is 1.53. The summed E-state index contributed by atoms with van der Waals surface area (Å²) in [6, 6.07) is 10.1. The fourth-order valence-electron chi connectivity index (χ4n) is 0.958. The lowest BCUT2D eigenvalue weighted by molar-refractivity contribution is 0.319. The molecule has 0 fully saturated rings. The number of benzene rings is 1. The molecule has 1 rings (SSSR count). The molecule has 0 amide bonds. The topological polar surface area (TPSA) is 32.6 Å². The molecular formula is C10H13NOS. The Bertz CT molecular complexity index is 282. The lowest BCUT2D eigenvalue weighted by Crippen LogP contribution is -2.15. The fourth-order valence-corrected chi connectivity index (χ4v) is 1.96. The average molecular weight is 195 g/mol. The summed E-state index contributed by atoms with van der Waals surface area (Å²) in [5.74, 6) is 0. The van der Waals surface area contributed by atoms with Crippen LogP contribution in [-0.2, 0) is 0 Å². The Morgan fingerprint density at radius 2 is 1.92 bits per heavy atom. The molecule has 1 aromatic rings. The largest absolute Gasteiger partial charge is 0.411 e. The van der Waals surface area contributed by atoms with Gasteiger partial charge in [0.1, 0.15) is 0 Å². The molecule has 1 aromatic carbocycles. The summed E-state index contributed by atoms with van der Waals surface area (Å²) in [5.41, 5.74) is 0. The van der Waals surface area contributed by atoms with Crippen molar-refractivity contribution in [3.63, 3.8) is 0 Å². The van der Waals surface area contributed by atoms with Crippen LogP contribution in [0.5, 0.6) is 0 Å². The van der Waals surface area contributed by atoms with E-state index in [0.717, 1.165) is 0 Å². The molecule has 0 aliphatic carbocycles. The van der Waals surface area contributed by atoms with E-state index in [1.807, 2.05) is 44.2 Å². The first kappa shape index (κ1) is 10.1. The van der Waals surface area contributed by atoms with Gasteiger partial charge in [-0.15, -0.1) is 16.9 Å². The maximum absolute atomic E-state index is 8.44. The Morgan fingerprint density at radius 3 is 2.46 bits per heavy atom. The Kier molecular flexibility index (Phi) is 3.37. The third kappa shape index (κ3) is 3.51. The van der Waals surface area contributed by atoms with E-state index in [4.69, 9.17) is 5.21 Å². The first-order valence-electron chi connectivity index (χ1n) is 4.07. The smallest absolute Gasteiger partial charge is 0.0594 e. The molecule has 1 N–H and O–H groups in total. The molecule has 0 saturated heterocycles. The minimum Gasteiger partial charge on any atom is -0.411 e. The highest BCUT2D eigenvalue weighted by atomic mass is 32.2. The first-order chi connectivity index (χ1) is 6.14. The van der Waals surface area contributed by atoms with Gasteiger partial charge in [-0.1, -0.05) is 18.2 Å². The Balaban J connectivity index is 2.69. The van der Waals surface area contributed by atoms with Crippen molar-refractivity contribution in [1.29, 1.82) is 0 Å². The number of oxime groups is 1. The van der Waals surface area contributed by atoms with Crippen molar-refractivity contribution in [2.24, 2.45) is 5.16 Å². The monoisotopic (exact) mass is 195 g/mol. The van der Waals surface area contributed by atoms with Gasteiger partial charge in [-0.05, 0) is 26.0 Å². The van der Waals surface area contributed by atoms with Gasteiger partial charge in [0.25, 0.3) is 0 Å². The zero-order valence-corrected chi connectivity index (χ0v) is 8.58. The van der Waals surface area contributed by atoms with Crippen LogP contribution in [0.25, 0.3) is 0 Å². The maximum Gasteiger partial charge on any atom is 0.0594 e. The summed E-state index contributed by atoms with van der Waals surface area (Å²) >= 11 is 1.66. The van der Waals surface area contributed by atoms with E-state index in [1.165, 1.54) is 11.1 Å². The number of thioether (sulfide) groups is 1. The molecule has 0 aromatic heterocycles. The molecule has 0 unspecified atom stereocenters. The second-order valence-electron chi connectivity index (χ2n) is 3.26. The predicted molar refractivity (Wildman–Crippen MR) is 56.7 cm³/mol. The highest BCUT2D eigenvalue weighted by Crippen LogP contribution is 2.30. The number of hydrogen-bond donors (Lipinski definition) is 1. The van der Waals surface area contributed by atoms with Gasteiger partial charge in [0, 0.05) is 4.90 Å².